The number of nitrogens with zero attached hydrogens (tertiary/aromatic N) is 4. The normalized spacial score (nSPS) is 23.0. The molecule has 0 saturated carbocycles. The first kappa shape index (κ1) is 25.0. The number of aromatic nitrogens is 1. The Labute approximate surface area is 213 Å². The van der Waals surface area contributed by atoms with E-state index in [1.165, 1.54) is 6.08 Å². The number of carbonyl (C=O) groups is 4. The van der Waals surface area contributed by atoms with E-state index in [0.717, 1.165) is 63.4 Å². The number of nitrogens with one attached hydrogen (secondary N) is 1. The Morgan fingerprint density at radius 3 is 2.53 bits per heavy atom. The quantitative estimate of drug-likeness (QED) is 0.505. The van der Waals surface area contributed by atoms with Crippen molar-refractivity contribution in [2.45, 2.75) is 25.4 Å². The summed E-state index contributed by atoms with van der Waals surface area (Å²) in [6, 6.07) is 0. The van der Waals surface area contributed by atoms with Crippen LogP contribution in [0.2, 0.25) is 0 Å². The Morgan fingerprint density at radius 1 is 1.06 bits per heavy atom. The summed E-state index contributed by atoms with van der Waals surface area (Å²) >= 11 is 0.962. The molecule has 12 heteroatoms. The lowest BCUT2D eigenvalue weighted by Gasteiger charge is -2.35. The number of hydrogen-bond donors (Lipinski definition) is 1. The minimum Gasteiger partial charge on any atom is -0.382 e. The highest BCUT2D eigenvalue weighted by atomic mass is 32.1. The first-order chi connectivity index (χ1) is 17.5. The van der Waals surface area contributed by atoms with Gasteiger partial charge >= 0.3 is 0 Å². The maximum atomic E-state index is 13.1. The molecule has 1 aliphatic carbocycles. The summed E-state index contributed by atoms with van der Waals surface area (Å²) in [6.45, 7) is 6.93. The number of ketones is 2. The fraction of sp³-hybridized carbons (Fsp3) is 0.625. The molecule has 0 bridgehead atoms. The summed E-state index contributed by atoms with van der Waals surface area (Å²) in [7, 11) is 0. The van der Waals surface area contributed by atoms with Crippen molar-refractivity contribution in [2.24, 2.45) is 0 Å². The number of ether oxygens (including phenoxy) is 2. The zero-order chi connectivity index (χ0) is 25.1. The van der Waals surface area contributed by atoms with Crippen molar-refractivity contribution in [3.8, 4) is 0 Å². The third kappa shape index (κ3) is 5.36. The van der Waals surface area contributed by atoms with Crippen molar-refractivity contribution in [3.05, 3.63) is 27.4 Å². The average molecular weight is 518 g/mol. The van der Waals surface area contributed by atoms with Gasteiger partial charge in [-0.15, -0.1) is 11.3 Å². The molecule has 1 aromatic heterocycles. The minimum atomic E-state index is -0.371. The molecule has 0 spiro atoms. The molecule has 1 atom stereocenters. The van der Waals surface area contributed by atoms with Crippen LogP contribution < -0.4 is 5.32 Å². The Kier molecular flexibility index (Phi) is 7.75. The lowest BCUT2D eigenvalue weighted by atomic mass is 10.0. The van der Waals surface area contributed by atoms with Crippen LogP contribution in [0.15, 0.2) is 11.8 Å². The van der Waals surface area contributed by atoms with Crippen LogP contribution >= 0.6 is 11.3 Å². The molecule has 5 rings (SSSR count). The van der Waals surface area contributed by atoms with Crippen molar-refractivity contribution >= 4 is 34.7 Å². The smallest absolute Gasteiger partial charge is 0.282 e. The standard InChI is InChI=1S/C24H31N5O6S/c30-17-15-16(25-4-2-5-27-10-13-34-14-11-27)20(31)19-21(17)36-22(26-19)24(33)29-8-6-28(7-9-29)23(32)18-3-1-12-35-18/h15,18,25H,1-14H2. The zero-order valence-corrected chi connectivity index (χ0v) is 21.0. The Morgan fingerprint density at radius 2 is 1.81 bits per heavy atom. The molecule has 0 aromatic carbocycles. The fourth-order valence-electron chi connectivity index (χ4n) is 4.85. The first-order valence-electron chi connectivity index (χ1n) is 12.6. The second-order valence-corrected chi connectivity index (χ2v) is 10.3. The number of fused-ring (bicyclic) bond motifs is 1. The molecule has 3 fully saturated rings. The van der Waals surface area contributed by atoms with Gasteiger partial charge in [0.15, 0.2) is 10.8 Å². The van der Waals surface area contributed by atoms with Gasteiger partial charge in [0.1, 0.15) is 16.7 Å². The molecular weight excluding hydrogens is 486 g/mol. The number of allylic oxidation sites excluding steroid dienone is 2. The maximum Gasteiger partial charge on any atom is 0.282 e. The summed E-state index contributed by atoms with van der Waals surface area (Å²) in [4.78, 5) is 61.4. The van der Waals surface area contributed by atoms with Crippen LogP contribution in [0.3, 0.4) is 0 Å². The number of morpholine rings is 1. The lowest BCUT2D eigenvalue weighted by molar-refractivity contribution is -0.142. The van der Waals surface area contributed by atoms with Gasteiger partial charge in [-0.2, -0.15) is 0 Å². The van der Waals surface area contributed by atoms with Gasteiger partial charge in [0.25, 0.3) is 11.8 Å². The number of hydrogen-bond acceptors (Lipinski definition) is 10. The number of Topliss-reactive ketones (excluding diaryl/α,β-unsaturated/α-hetero) is 1. The van der Waals surface area contributed by atoms with Crippen molar-refractivity contribution in [3.63, 3.8) is 0 Å². The van der Waals surface area contributed by atoms with Crippen LogP contribution in [0.1, 0.15) is 49.2 Å². The highest BCUT2D eigenvalue weighted by molar-refractivity contribution is 7.16. The molecule has 2 amide bonds. The summed E-state index contributed by atoms with van der Waals surface area (Å²) in [6.07, 6.45) is 3.39. The Balaban J connectivity index is 1.14. The molecule has 1 unspecified atom stereocenters. The van der Waals surface area contributed by atoms with E-state index in [-0.39, 0.29) is 50.8 Å². The van der Waals surface area contributed by atoms with Crippen LogP contribution in [0.5, 0.6) is 0 Å². The second-order valence-electron chi connectivity index (χ2n) is 9.30. The largest absolute Gasteiger partial charge is 0.382 e. The second kappa shape index (κ2) is 11.2. The number of piperazine rings is 1. The molecule has 1 aromatic rings. The van der Waals surface area contributed by atoms with E-state index >= 15 is 0 Å². The lowest BCUT2D eigenvalue weighted by Crippen LogP contribution is -2.52. The minimum absolute atomic E-state index is 0.0171. The molecular formula is C24H31N5O6S. The van der Waals surface area contributed by atoms with Crippen LogP contribution in [0, 0.1) is 0 Å². The van der Waals surface area contributed by atoms with Gasteiger partial charge in [-0.3, -0.25) is 24.1 Å². The monoisotopic (exact) mass is 517 g/mol. The molecule has 4 heterocycles. The third-order valence-electron chi connectivity index (χ3n) is 6.92. The van der Waals surface area contributed by atoms with Gasteiger partial charge in [-0.05, 0) is 25.8 Å². The van der Waals surface area contributed by atoms with Crippen molar-refractivity contribution in [1.29, 1.82) is 0 Å². The predicted octanol–water partition coefficient (Wildman–Crippen LogP) is 0.181. The van der Waals surface area contributed by atoms with E-state index < -0.39 is 0 Å². The van der Waals surface area contributed by atoms with E-state index in [2.05, 4.69) is 15.2 Å². The van der Waals surface area contributed by atoms with E-state index in [0.29, 0.717) is 39.3 Å². The molecule has 1 N–H and O–H groups in total. The average Bonchev–Trinajstić information content (AvgIpc) is 3.60. The highest BCUT2D eigenvalue weighted by Gasteiger charge is 2.35. The number of carbonyl (C=O) groups excluding carboxylic acids is 4. The SMILES string of the molecule is O=C1C(NCCCN2CCOCC2)=CC(=O)c2sc(C(=O)N3CCN(C(=O)C4CCCO4)CC3)nc21. The number of thiazole rings is 1. The number of rotatable bonds is 7. The van der Waals surface area contributed by atoms with E-state index in [9.17, 15) is 19.2 Å². The molecule has 4 aliphatic rings. The maximum absolute atomic E-state index is 13.1. The van der Waals surface area contributed by atoms with E-state index in [4.69, 9.17) is 9.47 Å². The summed E-state index contributed by atoms with van der Waals surface area (Å²) in [5, 5.41) is 3.20. The van der Waals surface area contributed by atoms with Crippen molar-refractivity contribution < 1.29 is 28.7 Å². The highest BCUT2D eigenvalue weighted by Crippen LogP contribution is 2.27. The fourth-order valence-corrected chi connectivity index (χ4v) is 5.79. The molecule has 3 aliphatic heterocycles. The van der Waals surface area contributed by atoms with Gasteiger partial charge in [0.05, 0.1) is 18.9 Å². The van der Waals surface area contributed by atoms with Gasteiger partial charge in [-0.1, -0.05) is 0 Å². The Bertz CT molecular complexity index is 1050. The van der Waals surface area contributed by atoms with Crippen LogP contribution in [-0.4, -0.2) is 121 Å². The first-order valence-corrected chi connectivity index (χ1v) is 13.4. The molecule has 36 heavy (non-hydrogen) atoms. The summed E-state index contributed by atoms with van der Waals surface area (Å²) < 4.78 is 10.8. The van der Waals surface area contributed by atoms with Crippen LogP contribution in [0.25, 0.3) is 0 Å². The van der Waals surface area contributed by atoms with Gasteiger partial charge in [-0.25, -0.2) is 4.98 Å². The van der Waals surface area contributed by atoms with Gasteiger partial charge in [0.2, 0.25) is 5.78 Å². The van der Waals surface area contributed by atoms with E-state index in [1.54, 1.807) is 9.80 Å². The van der Waals surface area contributed by atoms with Crippen LogP contribution in [0.4, 0.5) is 0 Å². The topological polar surface area (TPSA) is 121 Å². The van der Waals surface area contributed by atoms with Gasteiger partial charge in [0, 0.05) is 58.5 Å². The zero-order valence-electron chi connectivity index (χ0n) is 20.2. The summed E-state index contributed by atoms with van der Waals surface area (Å²) in [5.41, 5.74) is 0.263. The van der Waals surface area contributed by atoms with Gasteiger partial charge < -0.3 is 24.6 Å². The number of amides is 2. The molecule has 3 saturated heterocycles. The molecule has 194 valence electrons. The van der Waals surface area contributed by atoms with Crippen LogP contribution in [-0.2, 0) is 14.3 Å². The van der Waals surface area contributed by atoms with E-state index in [1.807, 2.05) is 0 Å². The molecule has 0 radical (unpaired) electrons. The Hall–Kier alpha value is -2.67. The van der Waals surface area contributed by atoms with Crippen molar-refractivity contribution in [1.82, 2.24) is 25.0 Å². The van der Waals surface area contributed by atoms with Crippen molar-refractivity contribution in [2.75, 3.05) is 72.2 Å². The predicted molar refractivity (Wildman–Crippen MR) is 130 cm³/mol. The summed E-state index contributed by atoms with van der Waals surface area (Å²) in [5.74, 6) is -1.02. The molecule has 11 nitrogen and oxygen atoms in total. The third-order valence-corrected chi connectivity index (χ3v) is 7.98.